The van der Waals surface area contributed by atoms with Gasteiger partial charge in [-0.05, 0) is 29.8 Å². The molecule has 2 nitrogen and oxygen atoms in total. The predicted octanol–water partition coefficient (Wildman–Crippen LogP) is 4.76. The van der Waals surface area contributed by atoms with Crippen LogP contribution in [-0.2, 0) is 0 Å². The van der Waals surface area contributed by atoms with Crippen LogP contribution in [0.1, 0.15) is 35.8 Å². The largest absolute Gasteiger partial charge is 0.376 e. The maximum atomic E-state index is 10.2. The molecule has 0 saturated heterocycles. The Labute approximate surface area is 140 Å². The van der Waals surface area contributed by atoms with Gasteiger partial charge in [0.25, 0.3) is 0 Å². The van der Waals surface area contributed by atoms with E-state index in [9.17, 15) is 5.11 Å². The first-order valence-electron chi connectivity index (χ1n) is 6.74. The summed E-state index contributed by atoms with van der Waals surface area (Å²) >= 11 is 12.2. The summed E-state index contributed by atoms with van der Waals surface area (Å²) in [4.78, 5) is 4.40. The number of benzene rings is 1. The Morgan fingerprint density at radius 2 is 2.05 bits per heavy atom. The Hall–Kier alpha value is -1.79. The standard InChI is InChI=1S/C18H15Cl2NO/c1-3-4-7-17(22)15-6-5-10-21-18(15)12(2)14-9-8-13(19)11-16(14)20/h3,5-6,8-12,17,22H,1H2,2H3. The normalized spacial score (nSPS) is 12.9. The molecule has 2 rings (SSSR count). The van der Waals surface area contributed by atoms with E-state index in [-0.39, 0.29) is 5.92 Å². The summed E-state index contributed by atoms with van der Waals surface area (Å²) in [6.07, 6.45) is 2.21. The van der Waals surface area contributed by atoms with E-state index in [0.29, 0.717) is 15.6 Å². The van der Waals surface area contributed by atoms with E-state index in [2.05, 4.69) is 23.4 Å². The van der Waals surface area contributed by atoms with Crippen LogP contribution in [0.4, 0.5) is 0 Å². The summed E-state index contributed by atoms with van der Waals surface area (Å²) in [6.45, 7) is 5.50. The minimum absolute atomic E-state index is 0.0962. The number of allylic oxidation sites excluding steroid dienone is 1. The van der Waals surface area contributed by atoms with Gasteiger partial charge in [0.05, 0.1) is 5.69 Å². The quantitative estimate of drug-likeness (QED) is 0.822. The second-order valence-corrected chi connectivity index (χ2v) is 5.60. The molecular formula is C18H15Cl2NO. The predicted molar refractivity (Wildman–Crippen MR) is 91.1 cm³/mol. The van der Waals surface area contributed by atoms with Crippen molar-refractivity contribution in [1.29, 1.82) is 0 Å². The average Bonchev–Trinajstić information content (AvgIpc) is 2.52. The number of aromatic nitrogens is 1. The zero-order valence-electron chi connectivity index (χ0n) is 12.1. The van der Waals surface area contributed by atoms with Crippen molar-refractivity contribution < 1.29 is 5.11 Å². The van der Waals surface area contributed by atoms with E-state index in [0.717, 1.165) is 11.3 Å². The van der Waals surface area contributed by atoms with Crippen molar-refractivity contribution in [1.82, 2.24) is 4.98 Å². The lowest BCUT2D eigenvalue weighted by Gasteiger charge is -2.18. The number of halogens is 2. The Balaban J connectivity index is 2.46. The highest BCUT2D eigenvalue weighted by Crippen LogP contribution is 2.33. The molecule has 2 unspecified atom stereocenters. The van der Waals surface area contributed by atoms with Gasteiger partial charge in [-0.15, -0.1) is 0 Å². The summed E-state index contributed by atoms with van der Waals surface area (Å²) in [7, 11) is 0. The van der Waals surface area contributed by atoms with Crippen LogP contribution in [-0.4, -0.2) is 10.1 Å². The Kier molecular flexibility index (Phi) is 5.63. The van der Waals surface area contributed by atoms with E-state index in [1.165, 1.54) is 6.08 Å². The second-order valence-electron chi connectivity index (χ2n) is 4.76. The van der Waals surface area contributed by atoms with E-state index >= 15 is 0 Å². The summed E-state index contributed by atoms with van der Waals surface area (Å²) in [6, 6.07) is 8.94. The highest BCUT2D eigenvalue weighted by Gasteiger charge is 2.19. The van der Waals surface area contributed by atoms with E-state index in [4.69, 9.17) is 23.2 Å². The monoisotopic (exact) mass is 331 g/mol. The molecule has 2 atom stereocenters. The molecule has 0 radical (unpaired) electrons. The van der Waals surface area contributed by atoms with Gasteiger partial charge in [0, 0.05) is 27.7 Å². The minimum Gasteiger partial charge on any atom is -0.376 e. The smallest absolute Gasteiger partial charge is 0.142 e. The number of rotatable bonds is 3. The van der Waals surface area contributed by atoms with Crippen LogP contribution < -0.4 is 0 Å². The molecule has 0 amide bonds. The molecule has 1 aromatic heterocycles. The topological polar surface area (TPSA) is 33.1 Å². The van der Waals surface area contributed by atoms with Gasteiger partial charge in [0.1, 0.15) is 6.10 Å². The molecule has 1 heterocycles. The van der Waals surface area contributed by atoms with Gasteiger partial charge in [0.2, 0.25) is 0 Å². The second kappa shape index (κ2) is 7.47. The van der Waals surface area contributed by atoms with Crippen molar-refractivity contribution in [2.75, 3.05) is 0 Å². The van der Waals surface area contributed by atoms with Crippen LogP contribution in [0.3, 0.4) is 0 Å². The molecule has 0 fully saturated rings. The van der Waals surface area contributed by atoms with Crippen molar-refractivity contribution >= 4 is 23.2 Å². The summed E-state index contributed by atoms with van der Waals surface area (Å²) < 4.78 is 0. The fraction of sp³-hybridized carbons (Fsp3) is 0.167. The van der Waals surface area contributed by atoms with Gasteiger partial charge in [-0.2, -0.15) is 0 Å². The molecule has 1 aromatic carbocycles. The zero-order valence-corrected chi connectivity index (χ0v) is 13.6. The fourth-order valence-corrected chi connectivity index (χ4v) is 2.81. The van der Waals surface area contributed by atoms with Crippen LogP contribution in [0.25, 0.3) is 0 Å². The molecule has 0 aliphatic carbocycles. The molecule has 4 heteroatoms. The summed E-state index contributed by atoms with van der Waals surface area (Å²) in [5.74, 6) is 5.28. The van der Waals surface area contributed by atoms with Crippen LogP contribution >= 0.6 is 23.2 Å². The lowest BCUT2D eigenvalue weighted by atomic mass is 9.92. The van der Waals surface area contributed by atoms with Gasteiger partial charge < -0.3 is 5.11 Å². The SMILES string of the molecule is C=CC#CC(O)c1cccnc1C(C)c1ccc(Cl)cc1Cl. The maximum Gasteiger partial charge on any atom is 0.142 e. The molecule has 1 N–H and O–H groups in total. The number of hydrogen-bond donors (Lipinski definition) is 1. The first kappa shape index (κ1) is 16.6. The molecule has 0 spiro atoms. The number of nitrogens with zero attached hydrogens (tertiary/aromatic N) is 1. The van der Waals surface area contributed by atoms with Crippen molar-refractivity contribution in [2.24, 2.45) is 0 Å². The van der Waals surface area contributed by atoms with Crippen molar-refractivity contribution in [3.63, 3.8) is 0 Å². The first-order chi connectivity index (χ1) is 10.5. The molecule has 0 aliphatic rings. The lowest BCUT2D eigenvalue weighted by Crippen LogP contribution is -2.07. The third-order valence-electron chi connectivity index (χ3n) is 3.33. The van der Waals surface area contributed by atoms with Gasteiger partial charge in [0.15, 0.2) is 0 Å². The highest BCUT2D eigenvalue weighted by atomic mass is 35.5. The Morgan fingerprint density at radius 3 is 2.73 bits per heavy atom. The van der Waals surface area contributed by atoms with Crippen LogP contribution in [0, 0.1) is 11.8 Å². The molecule has 0 saturated carbocycles. The molecule has 0 aliphatic heterocycles. The van der Waals surface area contributed by atoms with Crippen LogP contribution in [0.5, 0.6) is 0 Å². The Bertz CT molecular complexity index is 746. The van der Waals surface area contributed by atoms with Gasteiger partial charge in [-0.3, -0.25) is 4.98 Å². The fourth-order valence-electron chi connectivity index (χ4n) is 2.24. The van der Waals surface area contributed by atoms with Gasteiger partial charge in [-0.25, -0.2) is 0 Å². The maximum absolute atomic E-state index is 10.2. The minimum atomic E-state index is -0.921. The zero-order chi connectivity index (χ0) is 16.1. The molecule has 2 aromatic rings. The van der Waals surface area contributed by atoms with Gasteiger partial charge >= 0.3 is 0 Å². The number of hydrogen-bond acceptors (Lipinski definition) is 2. The van der Waals surface area contributed by atoms with Gasteiger partial charge in [-0.1, -0.05) is 60.7 Å². The van der Waals surface area contributed by atoms with Crippen molar-refractivity contribution in [2.45, 2.75) is 18.9 Å². The van der Waals surface area contributed by atoms with Crippen LogP contribution in [0.2, 0.25) is 10.0 Å². The van der Waals surface area contributed by atoms with Crippen LogP contribution in [0.15, 0.2) is 49.2 Å². The molecule has 22 heavy (non-hydrogen) atoms. The highest BCUT2D eigenvalue weighted by molar-refractivity contribution is 6.35. The number of pyridine rings is 1. The van der Waals surface area contributed by atoms with E-state index < -0.39 is 6.10 Å². The average molecular weight is 332 g/mol. The summed E-state index contributed by atoms with van der Waals surface area (Å²) in [5, 5.41) is 11.4. The third-order valence-corrected chi connectivity index (χ3v) is 3.89. The van der Waals surface area contributed by atoms with E-state index in [1.807, 2.05) is 19.1 Å². The van der Waals surface area contributed by atoms with Crippen molar-refractivity contribution in [3.8, 4) is 11.8 Å². The third kappa shape index (κ3) is 3.69. The van der Waals surface area contributed by atoms with Crippen molar-refractivity contribution in [3.05, 3.63) is 76.0 Å². The van der Waals surface area contributed by atoms with E-state index in [1.54, 1.807) is 24.4 Å². The summed E-state index contributed by atoms with van der Waals surface area (Å²) in [5.41, 5.74) is 2.29. The molecule has 112 valence electrons. The first-order valence-corrected chi connectivity index (χ1v) is 7.50. The molecular weight excluding hydrogens is 317 g/mol. The number of aliphatic hydroxyl groups excluding tert-OH is 1. The Morgan fingerprint density at radius 1 is 1.27 bits per heavy atom. The number of aliphatic hydroxyl groups is 1. The lowest BCUT2D eigenvalue weighted by molar-refractivity contribution is 0.236. The molecule has 0 bridgehead atoms.